The van der Waals surface area contributed by atoms with E-state index in [0.29, 0.717) is 28.1 Å². The van der Waals surface area contributed by atoms with Gasteiger partial charge in [-0.3, -0.25) is 4.79 Å². The molecule has 4 nitrogen and oxygen atoms in total. The Morgan fingerprint density at radius 2 is 1.57 bits per heavy atom. The Morgan fingerprint density at radius 3 is 2.29 bits per heavy atom. The van der Waals surface area contributed by atoms with Gasteiger partial charge in [0.2, 0.25) is 5.91 Å². The van der Waals surface area contributed by atoms with Crippen LogP contribution in [0.15, 0.2) is 72.8 Å². The van der Waals surface area contributed by atoms with E-state index in [1.54, 1.807) is 24.3 Å². The molecule has 0 aliphatic heterocycles. The molecule has 0 saturated carbocycles. The second-order valence-corrected chi connectivity index (χ2v) is 6.86. The molecule has 0 atom stereocenters. The van der Waals surface area contributed by atoms with Crippen molar-refractivity contribution >= 4 is 34.8 Å². The standard InChI is InChI=1S/C22H19Cl2NO3/c23-17-7-5-16(6-8-17)15-28-19-11-9-18(10-12-19)25-22(26)13-14-27-21-4-2-1-3-20(21)24/h1-12H,13-15H2,(H,25,26). The van der Waals surface area contributed by atoms with Crippen molar-refractivity contribution in [1.29, 1.82) is 0 Å². The highest BCUT2D eigenvalue weighted by molar-refractivity contribution is 6.32. The monoisotopic (exact) mass is 415 g/mol. The molecular weight excluding hydrogens is 397 g/mol. The van der Waals surface area contributed by atoms with Crippen LogP contribution in [0.5, 0.6) is 11.5 Å². The first-order valence-electron chi connectivity index (χ1n) is 8.74. The molecule has 3 aromatic rings. The largest absolute Gasteiger partial charge is 0.491 e. The summed E-state index contributed by atoms with van der Waals surface area (Å²) >= 11 is 11.9. The first-order valence-corrected chi connectivity index (χ1v) is 9.50. The van der Waals surface area contributed by atoms with Crippen molar-refractivity contribution in [2.45, 2.75) is 13.0 Å². The molecule has 0 fully saturated rings. The highest BCUT2D eigenvalue weighted by Crippen LogP contribution is 2.23. The zero-order valence-electron chi connectivity index (χ0n) is 15.0. The number of para-hydroxylation sites is 1. The van der Waals surface area contributed by atoms with Crippen LogP contribution in [0.3, 0.4) is 0 Å². The van der Waals surface area contributed by atoms with E-state index < -0.39 is 0 Å². The van der Waals surface area contributed by atoms with Crippen molar-refractivity contribution in [3.8, 4) is 11.5 Å². The van der Waals surface area contributed by atoms with Gasteiger partial charge in [-0.25, -0.2) is 0 Å². The van der Waals surface area contributed by atoms with E-state index in [4.69, 9.17) is 32.7 Å². The van der Waals surface area contributed by atoms with Crippen molar-refractivity contribution in [2.24, 2.45) is 0 Å². The first-order chi connectivity index (χ1) is 13.6. The lowest BCUT2D eigenvalue weighted by atomic mass is 10.2. The quantitative estimate of drug-likeness (QED) is 0.492. The van der Waals surface area contributed by atoms with E-state index in [9.17, 15) is 4.79 Å². The molecule has 0 bridgehead atoms. The van der Waals surface area contributed by atoms with Crippen LogP contribution in [0.1, 0.15) is 12.0 Å². The minimum Gasteiger partial charge on any atom is -0.491 e. The Balaban J connectivity index is 1.42. The van der Waals surface area contributed by atoms with Gasteiger partial charge in [0.05, 0.1) is 18.1 Å². The molecule has 0 spiro atoms. The summed E-state index contributed by atoms with van der Waals surface area (Å²) in [5.41, 5.74) is 1.72. The maximum Gasteiger partial charge on any atom is 0.227 e. The molecule has 0 saturated heterocycles. The number of halogens is 2. The van der Waals surface area contributed by atoms with Crippen LogP contribution in [-0.2, 0) is 11.4 Å². The number of ether oxygens (including phenoxy) is 2. The van der Waals surface area contributed by atoms with E-state index in [-0.39, 0.29) is 18.9 Å². The average Bonchev–Trinajstić information content (AvgIpc) is 2.70. The lowest BCUT2D eigenvalue weighted by Gasteiger charge is -2.10. The minimum absolute atomic E-state index is 0.137. The lowest BCUT2D eigenvalue weighted by molar-refractivity contribution is -0.116. The zero-order valence-corrected chi connectivity index (χ0v) is 16.5. The van der Waals surface area contributed by atoms with Gasteiger partial charge in [0, 0.05) is 10.7 Å². The number of nitrogens with one attached hydrogen (secondary N) is 1. The van der Waals surface area contributed by atoms with Crippen LogP contribution in [0.4, 0.5) is 5.69 Å². The van der Waals surface area contributed by atoms with Gasteiger partial charge in [-0.1, -0.05) is 47.5 Å². The van der Waals surface area contributed by atoms with E-state index in [1.807, 2.05) is 48.5 Å². The SMILES string of the molecule is O=C(CCOc1ccccc1Cl)Nc1ccc(OCc2ccc(Cl)cc2)cc1. The predicted molar refractivity (Wildman–Crippen MR) is 112 cm³/mol. The molecular formula is C22H19Cl2NO3. The minimum atomic E-state index is -0.137. The van der Waals surface area contributed by atoms with Crippen LogP contribution in [0.25, 0.3) is 0 Å². The van der Waals surface area contributed by atoms with Crippen LogP contribution in [0, 0.1) is 0 Å². The van der Waals surface area contributed by atoms with Crippen LogP contribution >= 0.6 is 23.2 Å². The van der Waals surface area contributed by atoms with Gasteiger partial charge in [0.25, 0.3) is 0 Å². The van der Waals surface area contributed by atoms with Crippen molar-refractivity contribution in [3.63, 3.8) is 0 Å². The molecule has 28 heavy (non-hydrogen) atoms. The summed E-state index contributed by atoms with van der Waals surface area (Å²) in [5, 5.41) is 4.05. The number of benzene rings is 3. The highest BCUT2D eigenvalue weighted by atomic mass is 35.5. The molecule has 3 aromatic carbocycles. The fourth-order valence-electron chi connectivity index (χ4n) is 2.42. The molecule has 0 aromatic heterocycles. The van der Waals surface area contributed by atoms with Crippen molar-refractivity contribution in [3.05, 3.63) is 88.4 Å². The topological polar surface area (TPSA) is 47.6 Å². The number of hydrogen-bond donors (Lipinski definition) is 1. The number of hydrogen-bond acceptors (Lipinski definition) is 3. The number of amides is 1. The van der Waals surface area contributed by atoms with Gasteiger partial charge in [-0.15, -0.1) is 0 Å². The van der Waals surface area contributed by atoms with Crippen molar-refractivity contribution < 1.29 is 14.3 Å². The summed E-state index contributed by atoms with van der Waals surface area (Å²) in [4.78, 5) is 12.0. The normalized spacial score (nSPS) is 10.4. The van der Waals surface area contributed by atoms with Crippen molar-refractivity contribution in [2.75, 3.05) is 11.9 Å². The van der Waals surface area contributed by atoms with Gasteiger partial charge >= 0.3 is 0 Å². The molecule has 144 valence electrons. The summed E-state index contributed by atoms with van der Waals surface area (Å²) in [5.74, 6) is 1.15. The fourth-order valence-corrected chi connectivity index (χ4v) is 2.74. The molecule has 0 aliphatic rings. The van der Waals surface area contributed by atoms with E-state index >= 15 is 0 Å². The van der Waals surface area contributed by atoms with E-state index in [2.05, 4.69) is 5.32 Å². The van der Waals surface area contributed by atoms with Crippen LogP contribution in [-0.4, -0.2) is 12.5 Å². The number of carbonyl (C=O) groups is 1. The van der Waals surface area contributed by atoms with Gasteiger partial charge < -0.3 is 14.8 Å². The number of rotatable bonds is 8. The maximum absolute atomic E-state index is 12.0. The number of carbonyl (C=O) groups excluding carboxylic acids is 1. The molecule has 1 amide bonds. The van der Waals surface area contributed by atoms with Gasteiger partial charge in [0.1, 0.15) is 18.1 Å². The van der Waals surface area contributed by atoms with Gasteiger partial charge in [0.15, 0.2) is 0 Å². The molecule has 1 N–H and O–H groups in total. The fraction of sp³-hybridized carbons (Fsp3) is 0.136. The van der Waals surface area contributed by atoms with E-state index in [1.165, 1.54) is 0 Å². The molecule has 0 heterocycles. The summed E-state index contributed by atoms with van der Waals surface area (Å²) in [7, 11) is 0. The third-order valence-corrected chi connectivity index (χ3v) is 4.44. The Hall–Kier alpha value is -2.69. The van der Waals surface area contributed by atoms with Crippen LogP contribution < -0.4 is 14.8 Å². The van der Waals surface area contributed by atoms with Gasteiger partial charge in [-0.05, 0) is 54.1 Å². The predicted octanol–water partition coefficient (Wildman–Crippen LogP) is 5.98. The Bertz CT molecular complexity index is 912. The third kappa shape index (κ3) is 6.19. The first kappa shape index (κ1) is 20.1. The Kier molecular flexibility index (Phi) is 7.18. The highest BCUT2D eigenvalue weighted by Gasteiger charge is 2.05. The molecule has 3 rings (SSSR count). The smallest absolute Gasteiger partial charge is 0.227 e. The Morgan fingerprint density at radius 1 is 0.857 bits per heavy atom. The summed E-state index contributed by atoms with van der Waals surface area (Å²) in [6.07, 6.45) is 0.222. The molecule has 0 aliphatic carbocycles. The summed E-state index contributed by atoms with van der Waals surface area (Å²) < 4.78 is 11.3. The molecule has 6 heteroatoms. The van der Waals surface area contributed by atoms with E-state index in [0.717, 1.165) is 11.3 Å². The summed E-state index contributed by atoms with van der Waals surface area (Å²) in [6.45, 7) is 0.695. The molecule has 0 unspecified atom stereocenters. The lowest BCUT2D eigenvalue weighted by Crippen LogP contribution is -2.15. The average molecular weight is 416 g/mol. The molecule has 0 radical (unpaired) electrons. The number of anilines is 1. The van der Waals surface area contributed by atoms with Gasteiger partial charge in [-0.2, -0.15) is 0 Å². The third-order valence-electron chi connectivity index (χ3n) is 3.88. The van der Waals surface area contributed by atoms with Crippen LogP contribution in [0.2, 0.25) is 10.0 Å². The second kappa shape index (κ2) is 10.0. The second-order valence-electron chi connectivity index (χ2n) is 6.02. The maximum atomic E-state index is 12.0. The summed E-state index contributed by atoms with van der Waals surface area (Å²) in [6, 6.07) is 21.9. The zero-order chi connectivity index (χ0) is 19.8. The van der Waals surface area contributed by atoms with Crippen molar-refractivity contribution in [1.82, 2.24) is 0 Å². The Labute approximate surface area is 174 Å².